The van der Waals surface area contributed by atoms with Crippen LogP contribution in [0.15, 0.2) is 24.3 Å². The summed E-state index contributed by atoms with van der Waals surface area (Å²) in [4.78, 5) is 12.3. The molecule has 0 saturated carbocycles. The molecule has 0 fully saturated rings. The van der Waals surface area contributed by atoms with E-state index in [1.807, 2.05) is 13.8 Å². The number of hydrogen-bond donors (Lipinski definition) is 2. The Morgan fingerprint density at radius 3 is 2.47 bits per heavy atom. The zero-order chi connectivity index (χ0) is 11.4. The quantitative estimate of drug-likeness (QED) is 0.792. The second kappa shape index (κ2) is 4.68. The Morgan fingerprint density at radius 2 is 2.00 bits per heavy atom. The molecule has 0 atom stereocenters. The van der Waals surface area contributed by atoms with Crippen molar-refractivity contribution in [2.24, 2.45) is 0 Å². The van der Waals surface area contributed by atoms with E-state index in [-0.39, 0.29) is 18.3 Å². The normalized spacial score (nSPS) is 10.3. The summed E-state index contributed by atoms with van der Waals surface area (Å²) in [7, 11) is 0. The van der Waals surface area contributed by atoms with Crippen LogP contribution in [-0.4, -0.2) is 28.8 Å². The molecule has 1 aromatic carbocycles. The summed E-state index contributed by atoms with van der Waals surface area (Å²) in [5.74, 6) is -0.806. The highest BCUT2D eigenvalue weighted by Crippen LogP contribution is 2.27. The van der Waals surface area contributed by atoms with Crippen molar-refractivity contribution in [3.05, 3.63) is 24.3 Å². The predicted molar refractivity (Wildman–Crippen MR) is 58.2 cm³/mol. The van der Waals surface area contributed by atoms with Gasteiger partial charge >= 0.3 is 5.97 Å². The van der Waals surface area contributed by atoms with Crippen LogP contribution in [0.25, 0.3) is 0 Å². The number of carboxylic acids is 1. The molecule has 0 aromatic heterocycles. The number of anilines is 1. The van der Waals surface area contributed by atoms with Crippen molar-refractivity contribution >= 4 is 11.7 Å². The Kier molecular flexibility index (Phi) is 3.55. The van der Waals surface area contributed by atoms with E-state index in [0.29, 0.717) is 5.69 Å². The molecule has 1 aromatic rings. The summed E-state index contributed by atoms with van der Waals surface area (Å²) in [5, 5.41) is 18.4. The van der Waals surface area contributed by atoms with Crippen molar-refractivity contribution < 1.29 is 15.0 Å². The predicted octanol–water partition coefficient (Wildman–Crippen LogP) is 1.69. The number of aliphatic carboxylic acids is 1. The van der Waals surface area contributed by atoms with Crippen LogP contribution in [0.1, 0.15) is 13.8 Å². The Hall–Kier alpha value is -1.71. The van der Waals surface area contributed by atoms with Gasteiger partial charge in [-0.05, 0) is 26.0 Å². The molecule has 4 nitrogen and oxygen atoms in total. The minimum atomic E-state index is -0.910. The lowest BCUT2D eigenvalue weighted by Gasteiger charge is -2.27. The molecule has 82 valence electrons. The first kappa shape index (κ1) is 11.4. The van der Waals surface area contributed by atoms with Gasteiger partial charge in [-0.2, -0.15) is 0 Å². The van der Waals surface area contributed by atoms with Gasteiger partial charge in [0.25, 0.3) is 0 Å². The molecule has 0 aliphatic rings. The van der Waals surface area contributed by atoms with Crippen molar-refractivity contribution in [3.8, 4) is 5.75 Å². The maximum atomic E-state index is 10.7. The lowest BCUT2D eigenvalue weighted by molar-refractivity contribution is -0.135. The molecule has 4 heteroatoms. The minimum Gasteiger partial charge on any atom is -0.506 e. The first-order valence-corrected chi connectivity index (χ1v) is 4.78. The van der Waals surface area contributed by atoms with E-state index >= 15 is 0 Å². The molecule has 0 heterocycles. The molecule has 0 radical (unpaired) electrons. The number of carboxylic acid groups (broad SMARTS) is 1. The van der Waals surface area contributed by atoms with E-state index in [9.17, 15) is 9.90 Å². The van der Waals surface area contributed by atoms with Gasteiger partial charge in [-0.25, -0.2) is 0 Å². The fourth-order valence-corrected chi connectivity index (χ4v) is 1.40. The number of hydrogen-bond acceptors (Lipinski definition) is 3. The molecule has 15 heavy (non-hydrogen) atoms. The molecule has 0 saturated heterocycles. The van der Waals surface area contributed by atoms with Crippen molar-refractivity contribution in [2.75, 3.05) is 11.4 Å². The van der Waals surface area contributed by atoms with Gasteiger partial charge in [0.2, 0.25) is 0 Å². The Bertz CT molecular complexity index is 349. The summed E-state index contributed by atoms with van der Waals surface area (Å²) in [5.41, 5.74) is 0.551. The summed E-state index contributed by atoms with van der Waals surface area (Å²) >= 11 is 0. The van der Waals surface area contributed by atoms with Crippen LogP contribution in [0.2, 0.25) is 0 Å². The number of phenols is 1. The van der Waals surface area contributed by atoms with E-state index in [0.717, 1.165) is 0 Å². The molecule has 2 N–H and O–H groups in total. The largest absolute Gasteiger partial charge is 0.506 e. The van der Waals surface area contributed by atoms with Gasteiger partial charge in [-0.3, -0.25) is 4.79 Å². The van der Waals surface area contributed by atoms with Crippen molar-refractivity contribution in [3.63, 3.8) is 0 Å². The van der Waals surface area contributed by atoms with Gasteiger partial charge in [0.15, 0.2) is 0 Å². The van der Waals surface area contributed by atoms with Gasteiger partial charge in [0, 0.05) is 6.04 Å². The highest BCUT2D eigenvalue weighted by Gasteiger charge is 2.16. The number of rotatable bonds is 4. The van der Waals surface area contributed by atoms with Crippen LogP contribution in [0.4, 0.5) is 5.69 Å². The van der Waals surface area contributed by atoms with E-state index in [4.69, 9.17) is 5.11 Å². The lowest BCUT2D eigenvalue weighted by Crippen LogP contribution is -2.35. The van der Waals surface area contributed by atoms with Crippen molar-refractivity contribution in [1.29, 1.82) is 0 Å². The molecule has 0 spiro atoms. The maximum Gasteiger partial charge on any atom is 0.323 e. The van der Waals surface area contributed by atoms with E-state index in [2.05, 4.69) is 0 Å². The smallest absolute Gasteiger partial charge is 0.323 e. The average molecular weight is 209 g/mol. The SMILES string of the molecule is CC(C)N(CC(=O)O)c1ccccc1O. The zero-order valence-electron chi connectivity index (χ0n) is 8.84. The minimum absolute atomic E-state index is 0.0226. The standard InChI is InChI=1S/C11H15NO3/c1-8(2)12(7-11(14)15)9-5-3-4-6-10(9)13/h3-6,8,13H,7H2,1-2H3,(H,14,15). The van der Waals surface area contributed by atoms with Crippen molar-refractivity contribution in [1.82, 2.24) is 0 Å². The van der Waals surface area contributed by atoms with Gasteiger partial charge in [0.05, 0.1) is 5.69 Å². The van der Waals surface area contributed by atoms with Crippen LogP contribution >= 0.6 is 0 Å². The molecular formula is C11H15NO3. The van der Waals surface area contributed by atoms with Crippen LogP contribution in [0, 0.1) is 0 Å². The Labute approximate surface area is 88.8 Å². The number of nitrogens with zero attached hydrogens (tertiary/aromatic N) is 1. The maximum absolute atomic E-state index is 10.7. The third kappa shape index (κ3) is 2.87. The topological polar surface area (TPSA) is 60.8 Å². The lowest BCUT2D eigenvalue weighted by atomic mass is 10.2. The highest BCUT2D eigenvalue weighted by molar-refractivity contribution is 5.75. The van der Waals surface area contributed by atoms with E-state index in [1.165, 1.54) is 0 Å². The summed E-state index contributed by atoms with van der Waals surface area (Å²) < 4.78 is 0. The Balaban J connectivity index is 2.99. The third-order valence-corrected chi connectivity index (χ3v) is 2.12. The van der Waals surface area contributed by atoms with Gasteiger partial charge in [0.1, 0.15) is 12.3 Å². The van der Waals surface area contributed by atoms with Crippen LogP contribution in [0.3, 0.4) is 0 Å². The van der Waals surface area contributed by atoms with Gasteiger partial charge < -0.3 is 15.1 Å². The molecular weight excluding hydrogens is 194 g/mol. The molecule has 0 amide bonds. The second-order valence-electron chi connectivity index (χ2n) is 3.60. The van der Waals surface area contributed by atoms with E-state index < -0.39 is 5.97 Å². The number of aromatic hydroxyl groups is 1. The summed E-state index contributed by atoms with van der Waals surface area (Å²) in [6.45, 7) is 3.65. The number of benzene rings is 1. The van der Waals surface area contributed by atoms with Crippen LogP contribution in [-0.2, 0) is 4.79 Å². The number of phenolic OH excluding ortho intramolecular Hbond substituents is 1. The summed E-state index contributed by atoms with van der Waals surface area (Å²) in [6, 6.07) is 6.75. The number of para-hydroxylation sites is 2. The first-order valence-electron chi connectivity index (χ1n) is 4.78. The van der Waals surface area contributed by atoms with Gasteiger partial charge in [-0.15, -0.1) is 0 Å². The fraction of sp³-hybridized carbons (Fsp3) is 0.364. The third-order valence-electron chi connectivity index (χ3n) is 2.12. The van der Waals surface area contributed by atoms with E-state index in [1.54, 1.807) is 29.2 Å². The first-order chi connectivity index (χ1) is 7.02. The van der Waals surface area contributed by atoms with Crippen LogP contribution < -0.4 is 4.90 Å². The average Bonchev–Trinajstić information content (AvgIpc) is 2.15. The fourth-order valence-electron chi connectivity index (χ4n) is 1.40. The zero-order valence-corrected chi connectivity index (χ0v) is 8.84. The second-order valence-corrected chi connectivity index (χ2v) is 3.60. The summed E-state index contributed by atoms with van der Waals surface area (Å²) in [6.07, 6.45) is 0. The Morgan fingerprint density at radius 1 is 1.40 bits per heavy atom. The number of carbonyl (C=O) groups is 1. The molecule has 0 bridgehead atoms. The van der Waals surface area contributed by atoms with Gasteiger partial charge in [-0.1, -0.05) is 12.1 Å². The highest BCUT2D eigenvalue weighted by atomic mass is 16.4. The molecule has 0 unspecified atom stereocenters. The molecule has 1 rings (SSSR count). The molecule has 0 aliphatic heterocycles. The monoisotopic (exact) mass is 209 g/mol. The molecule has 0 aliphatic carbocycles. The van der Waals surface area contributed by atoms with Crippen molar-refractivity contribution in [2.45, 2.75) is 19.9 Å². The van der Waals surface area contributed by atoms with Crippen LogP contribution in [0.5, 0.6) is 5.75 Å².